The first-order valence-corrected chi connectivity index (χ1v) is 5.51. The third kappa shape index (κ3) is 2.78. The van der Waals surface area contributed by atoms with Gasteiger partial charge in [0, 0.05) is 24.8 Å². The molecule has 2 rings (SSSR count). The van der Waals surface area contributed by atoms with Crippen LogP contribution in [0.25, 0.3) is 0 Å². The van der Waals surface area contributed by atoms with Crippen LogP contribution in [0, 0.1) is 0 Å². The average Bonchev–Trinajstić information content (AvgIpc) is 2.69. The zero-order valence-electron chi connectivity index (χ0n) is 9.27. The molecule has 4 nitrogen and oxygen atoms in total. The Kier molecular flexibility index (Phi) is 3.66. The summed E-state index contributed by atoms with van der Waals surface area (Å²) in [5, 5.41) is 3.76. The molecule has 0 radical (unpaired) electrons. The number of halogens is 1. The number of rotatable bonds is 4. The first kappa shape index (κ1) is 12.0. The van der Waals surface area contributed by atoms with E-state index in [-0.39, 0.29) is 0 Å². The van der Waals surface area contributed by atoms with Crippen molar-refractivity contribution in [2.75, 3.05) is 7.11 Å². The molecule has 1 aromatic rings. The molecule has 1 aliphatic heterocycles. The fraction of sp³-hybridized carbons (Fsp3) is 0.250. The standard InChI is InChI=1S/C12H12ClNO3/c1-16-12-10(6-11(15)17-12)14-7-8-4-2-3-5-9(8)13/h2-6,12,14H,7H2,1H3/t12-/m1/s1. The highest BCUT2D eigenvalue weighted by atomic mass is 35.5. The lowest BCUT2D eigenvalue weighted by Crippen LogP contribution is -2.24. The molecule has 17 heavy (non-hydrogen) atoms. The van der Waals surface area contributed by atoms with Gasteiger partial charge in [0.1, 0.15) is 0 Å². The summed E-state index contributed by atoms with van der Waals surface area (Å²) in [6.45, 7) is 0.516. The van der Waals surface area contributed by atoms with Gasteiger partial charge in [-0.2, -0.15) is 0 Å². The monoisotopic (exact) mass is 253 g/mol. The van der Waals surface area contributed by atoms with Crippen LogP contribution in [0.1, 0.15) is 5.56 Å². The van der Waals surface area contributed by atoms with Crippen molar-refractivity contribution in [3.8, 4) is 0 Å². The van der Waals surface area contributed by atoms with Crippen molar-refractivity contribution in [2.45, 2.75) is 12.8 Å². The van der Waals surface area contributed by atoms with E-state index in [1.807, 2.05) is 24.3 Å². The van der Waals surface area contributed by atoms with Crippen LogP contribution in [0.3, 0.4) is 0 Å². The average molecular weight is 254 g/mol. The lowest BCUT2D eigenvalue weighted by molar-refractivity contribution is -0.155. The Morgan fingerprint density at radius 2 is 2.24 bits per heavy atom. The molecule has 1 heterocycles. The van der Waals surface area contributed by atoms with E-state index in [1.165, 1.54) is 13.2 Å². The number of carbonyl (C=O) groups is 1. The number of hydrogen-bond donors (Lipinski definition) is 1. The van der Waals surface area contributed by atoms with Crippen LogP contribution in [0.4, 0.5) is 0 Å². The zero-order chi connectivity index (χ0) is 12.3. The lowest BCUT2D eigenvalue weighted by Gasteiger charge is -2.14. The minimum atomic E-state index is -0.648. The van der Waals surface area contributed by atoms with Gasteiger partial charge in [-0.1, -0.05) is 29.8 Å². The van der Waals surface area contributed by atoms with Gasteiger partial charge in [-0.25, -0.2) is 4.79 Å². The van der Waals surface area contributed by atoms with Crippen LogP contribution in [0.15, 0.2) is 36.0 Å². The van der Waals surface area contributed by atoms with Gasteiger partial charge in [-0.15, -0.1) is 0 Å². The van der Waals surface area contributed by atoms with Crippen molar-refractivity contribution in [2.24, 2.45) is 0 Å². The number of cyclic esters (lactones) is 1. The van der Waals surface area contributed by atoms with Crippen LogP contribution >= 0.6 is 11.6 Å². The Bertz CT molecular complexity index is 459. The van der Waals surface area contributed by atoms with Gasteiger partial charge in [0.05, 0.1) is 5.70 Å². The second-order valence-electron chi connectivity index (χ2n) is 3.55. The third-order valence-corrected chi connectivity index (χ3v) is 2.77. The summed E-state index contributed by atoms with van der Waals surface area (Å²) < 4.78 is 9.90. The van der Waals surface area contributed by atoms with Crippen LogP contribution in [-0.2, 0) is 20.8 Å². The second kappa shape index (κ2) is 5.21. The zero-order valence-corrected chi connectivity index (χ0v) is 10.0. The minimum absolute atomic E-state index is 0.404. The minimum Gasteiger partial charge on any atom is -0.426 e. The maximum Gasteiger partial charge on any atom is 0.335 e. The van der Waals surface area contributed by atoms with E-state index < -0.39 is 12.3 Å². The molecule has 0 fully saturated rings. The molecule has 0 aromatic heterocycles. The van der Waals surface area contributed by atoms with Crippen LogP contribution in [0.5, 0.6) is 0 Å². The van der Waals surface area contributed by atoms with Crippen molar-refractivity contribution in [3.05, 3.63) is 46.6 Å². The summed E-state index contributed by atoms with van der Waals surface area (Å²) in [5.41, 5.74) is 1.56. The Morgan fingerprint density at radius 1 is 1.47 bits per heavy atom. The Labute approximate surface area is 104 Å². The van der Waals surface area contributed by atoms with Gasteiger partial charge in [0.2, 0.25) is 6.29 Å². The van der Waals surface area contributed by atoms with E-state index in [1.54, 1.807) is 0 Å². The molecular weight excluding hydrogens is 242 g/mol. The SMILES string of the molecule is CO[C@@H]1OC(=O)C=C1NCc1ccccc1Cl. The summed E-state index contributed by atoms with van der Waals surface area (Å²) in [6.07, 6.45) is 0.732. The highest BCUT2D eigenvalue weighted by molar-refractivity contribution is 6.31. The molecule has 90 valence electrons. The van der Waals surface area contributed by atoms with Crippen LogP contribution in [0.2, 0.25) is 5.02 Å². The number of hydrogen-bond acceptors (Lipinski definition) is 4. The molecule has 0 saturated carbocycles. The smallest absolute Gasteiger partial charge is 0.335 e. The largest absolute Gasteiger partial charge is 0.426 e. The summed E-state index contributed by atoms with van der Waals surface area (Å²) >= 11 is 6.02. The molecule has 1 aromatic carbocycles. The number of ether oxygens (including phenoxy) is 2. The highest BCUT2D eigenvalue weighted by Crippen LogP contribution is 2.17. The normalized spacial score (nSPS) is 18.8. The van der Waals surface area contributed by atoms with Crippen molar-refractivity contribution in [1.29, 1.82) is 0 Å². The van der Waals surface area contributed by atoms with Crippen molar-refractivity contribution >= 4 is 17.6 Å². The van der Waals surface area contributed by atoms with E-state index in [0.717, 1.165) is 5.56 Å². The van der Waals surface area contributed by atoms with Crippen molar-refractivity contribution in [3.63, 3.8) is 0 Å². The number of nitrogens with one attached hydrogen (secondary N) is 1. The molecule has 0 unspecified atom stereocenters. The summed E-state index contributed by atoms with van der Waals surface area (Å²) in [4.78, 5) is 11.1. The fourth-order valence-corrected chi connectivity index (χ4v) is 1.75. The summed E-state index contributed by atoms with van der Waals surface area (Å²) in [7, 11) is 1.48. The van der Waals surface area contributed by atoms with Crippen LogP contribution < -0.4 is 5.32 Å². The fourth-order valence-electron chi connectivity index (χ4n) is 1.55. The maximum absolute atomic E-state index is 11.1. The van der Waals surface area contributed by atoms with Gasteiger partial charge in [0.15, 0.2) is 0 Å². The molecular formula is C12H12ClNO3. The highest BCUT2D eigenvalue weighted by Gasteiger charge is 2.25. The van der Waals surface area contributed by atoms with Crippen molar-refractivity contribution in [1.82, 2.24) is 5.32 Å². The predicted octanol–water partition coefficient (Wildman–Crippen LogP) is 1.84. The number of benzene rings is 1. The van der Waals surface area contributed by atoms with E-state index in [2.05, 4.69) is 5.32 Å². The van der Waals surface area contributed by atoms with Gasteiger partial charge in [-0.05, 0) is 11.6 Å². The molecule has 0 bridgehead atoms. The van der Waals surface area contributed by atoms with Gasteiger partial charge in [-0.3, -0.25) is 0 Å². The lowest BCUT2D eigenvalue weighted by atomic mass is 10.2. The van der Waals surface area contributed by atoms with E-state index >= 15 is 0 Å². The molecule has 0 amide bonds. The number of methoxy groups -OCH3 is 1. The quantitative estimate of drug-likeness (QED) is 0.832. The van der Waals surface area contributed by atoms with E-state index in [9.17, 15) is 4.79 Å². The van der Waals surface area contributed by atoms with E-state index in [0.29, 0.717) is 17.3 Å². The Hall–Kier alpha value is -1.52. The summed E-state index contributed by atoms with van der Waals surface area (Å²) in [6, 6.07) is 7.50. The van der Waals surface area contributed by atoms with Gasteiger partial charge >= 0.3 is 5.97 Å². The third-order valence-electron chi connectivity index (χ3n) is 2.41. The Morgan fingerprint density at radius 3 is 2.94 bits per heavy atom. The van der Waals surface area contributed by atoms with E-state index in [4.69, 9.17) is 21.1 Å². The molecule has 0 spiro atoms. The first-order chi connectivity index (χ1) is 8.20. The number of carbonyl (C=O) groups excluding carboxylic acids is 1. The Balaban J connectivity index is 2.01. The maximum atomic E-state index is 11.1. The van der Waals surface area contributed by atoms with Gasteiger partial charge < -0.3 is 14.8 Å². The van der Waals surface area contributed by atoms with Crippen LogP contribution in [-0.4, -0.2) is 19.4 Å². The molecule has 1 atom stereocenters. The van der Waals surface area contributed by atoms with Gasteiger partial charge in [0.25, 0.3) is 0 Å². The molecule has 1 N–H and O–H groups in total. The molecule has 0 aliphatic carbocycles. The topological polar surface area (TPSA) is 47.6 Å². The molecule has 1 aliphatic rings. The molecule has 0 saturated heterocycles. The number of esters is 1. The first-order valence-electron chi connectivity index (χ1n) is 5.13. The predicted molar refractivity (Wildman–Crippen MR) is 63.3 cm³/mol. The summed E-state index contributed by atoms with van der Waals surface area (Å²) in [5.74, 6) is -0.404. The molecule has 5 heteroatoms. The van der Waals surface area contributed by atoms with Crippen molar-refractivity contribution < 1.29 is 14.3 Å². The second-order valence-corrected chi connectivity index (χ2v) is 3.96.